The number of benzene rings is 2. The van der Waals surface area contributed by atoms with Crippen LogP contribution < -0.4 is 9.62 Å². The van der Waals surface area contributed by atoms with E-state index in [1.54, 1.807) is 13.8 Å². The summed E-state index contributed by atoms with van der Waals surface area (Å²) in [6, 6.07) is 9.84. The molecular weight excluding hydrogens is 400 g/mol. The number of aryl methyl sites for hydroxylation is 2. The minimum Gasteiger partial charge on any atom is -0.322 e. The highest BCUT2D eigenvalue weighted by atomic mass is 35.5. The number of nitrogens with zero attached hydrogens (tertiary/aromatic N) is 1. The molecule has 1 aliphatic heterocycles. The van der Waals surface area contributed by atoms with Gasteiger partial charge in [-0.15, -0.1) is 0 Å². The summed E-state index contributed by atoms with van der Waals surface area (Å²) in [4.78, 5) is 25.4. The van der Waals surface area contributed by atoms with Crippen LogP contribution in [0, 0.1) is 19.3 Å². The molecule has 6 nitrogen and oxygen atoms in total. The van der Waals surface area contributed by atoms with Gasteiger partial charge in [0.05, 0.1) is 27.4 Å². The molecule has 0 saturated carbocycles. The van der Waals surface area contributed by atoms with Crippen LogP contribution in [0.4, 0.5) is 11.4 Å². The summed E-state index contributed by atoms with van der Waals surface area (Å²) in [5, 5.41) is 2.96. The molecule has 0 bridgehead atoms. The predicted molar refractivity (Wildman–Crippen MR) is 110 cm³/mol. The second-order valence-corrected chi connectivity index (χ2v) is 9.87. The number of amides is 2. The van der Waals surface area contributed by atoms with Crippen molar-refractivity contribution >= 4 is 44.8 Å². The van der Waals surface area contributed by atoms with Gasteiger partial charge in [-0.3, -0.25) is 9.59 Å². The van der Waals surface area contributed by atoms with Gasteiger partial charge >= 0.3 is 0 Å². The predicted octanol–water partition coefficient (Wildman–Crippen LogP) is 3.91. The molecule has 1 N–H and O–H groups in total. The zero-order valence-corrected chi connectivity index (χ0v) is 17.6. The molecule has 0 radical (unpaired) electrons. The van der Waals surface area contributed by atoms with Crippen molar-refractivity contribution < 1.29 is 18.0 Å². The van der Waals surface area contributed by atoms with E-state index >= 15 is 0 Å². The second kappa shape index (κ2) is 6.90. The van der Waals surface area contributed by atoms with Crippen molar-refractivity contribution in [2.75, 3.05) is 15.4 Å². The lowest BCUT2D eigenvalue weighted by Crippen LogP contribution is -2.33. The third kappa shape index (κ3) is 3.64. The summed E-state index contributed by atoms with van der Waals surface area (Å²) in [6.45, 7) is 6.94. The Morgan fingerprint density at radius 3 is 2.43 bits per heavy atom. The quantitative estimate of drug-likeness (QED) is 0.815. The fourth-order valence-electron chi connectivity index (χ4n) is 3.14. The molecule has 1 heterocycles. The van der Waals surface area contributed by atoms with Crippen molar-refractivity contribution in [3.8, 4) is 0 Å². The molecular formula is C20H21ClN2O4S. The maximum absolute atomic E-state index is 12.8. The number of sulfonamides is 1. The minimum absolute atomic E-state index is 0.0905. The van der Waals surface area contributed by atoms with Crippen LogP contribution in [0.1, 0.15) is 35.3 Å². The lowest BCUT2D eigenvalue weighted by atomic mass is 9.95. The number of rotatable bonds is 3. The molecule has 0 aromatic heterocycles. The highest BCUT2D eigenvalue weighted by molar-refractivity contribution is 7.94. The fraction of sp³-hybridized carbons (Fsp3) is 0.300. The summed E-state index contributed by atoms with van der Waals surface area (Å²) in [7, 11) is -3.81. The van der Waals surface area contributed by atoms with E-state index in [0.29, 0.717) is 5.69 Å². The van der Waals surface area contributed by atoms with Crippen LogP contribution in [0.5, 0.6) is 0 Å². The van der Waals surface area contributed by atoms with Crippen LogP contribution in [-0.4, -0.2) is 26.0 Å². The lowest BCUT2D eigenvalue weighted by molar-refractivity contribution is -0.123. The van der Waals surface area contributed by atoms with E-state index in [2.05, 4.69) is 5.32 Å². The van der Waals surface area contributed by atoms with Crippen LogP contribution in [0.15, 0.2) is 36.4 Å². The molecule has 1 fully saturated rings. The fourth-order valence-corrected chi connectivity index (χ4v) is 5.44. The van der Waals surface area contributed by atoms with Gasteiger partial charge in [0.1, 0.15) is 0 Å². The minimum atomic E-state index is -3.81. The maximum Gasteiger partial charge on any atom is 0.257 e. The maximum atomic E-state index is 12.8. The summed E-state index contributed by atoms with van der Waals surface area (Å²) < 4.78 is 25.8. The number of anilines is 2. The van der Waals surface area contributed by atoms with E-state index in [1.165, 1.54) is 18.2 Å². The lowest BCUT2D eigenvalue weighted by Gasteiger charge is -2.18. The van der Waals surface area contributed by atoms with Crippen LogP contribution in [0.3, 0.4) is 0 Å². The molecule has 0 aliphatic carbocycles. The summed E-state index contributed by atoms with van der Waals surface area (Å²) >= 11 is 6.18. The Hall–Kier alpha value is -2.38. The van der Waals surface area contributed by atoms with E-state index in [1.807, 2.05) is 32.0 Å². The van der Waals surface area contributed by atoms with Crippen LogP contribution in [0.2, 0.25) is 5.02 Å². The van der Waals surface area contributed by atoms with Gasteiger partial charge in [0.25, 0.3) is 5.91 Å². The van der Waals surface area contributed by atoms with Crippen molar-refractivity contribution in [2.24, 2.45) is 5.41 Å². The molecule has 0 atom stereocenters. The second-order valence-electron chi connectivity index (χ2n) is 7.65. The normalized spacial score (nSPS) is 17.6. The van der Waals surface area contributed by atoms with Crippen LogP contribution in [-0.2, 0) is 14.8 Å². The first-order valence-corrected chi connectivity index (χ1v) is 10.7. The topological polar surface area (TPSA) is 83.6 Å². The van der Waals surface area contributed by atoms with Crippen molar-refractivity contribution in [2.45, 2.75) is 27.7 Å². The Kier molecular flexibility index (Phi) is 5.02. The average Bonchev–Trinajstić information content (AvgIpc) is 2.75. The summed E-state index contributed by atoms with van der Waals surface area (Å²) in [6.07, 6.45) is 0. The van der Waals surface area contributed by atoms with E-state index in [4.69, 9.17) is 11.6 Å². The highest BCUT2D eigenvalue weighted by Gasteiger charge is 2.50. The van der Waals surface area contributed by atoms with Crippen molar-refractivity contribution in [3.63, 3.8) is 0 Å². The monoisotopic (exact) mass is 420 g/mol. The van der Waals surface area contributed by atoms with Crippen molar-refractivity contribution in [1.29, 1.82) is 0 Å². The van der Waals surface area contributed by atoms with Gasteiger partial charge in [0, 0.05) is 5.69 Å². The first-order chi connectivity index (χ1) is 12.9. The Labute approximate surface area is 169 Å². The third-order valence-electron chi connectivity index (χ3n) is 4.66. The zero-order valence-electron chi connectivity index (χ0n) is 16.0. The number of carbonyl (C=O) groups is 2. The molecule has 8 heteroatoms. The first-order valence-electron chi connectivity index (χ1n) is 8.68. The molecule has 2 aromatic rings. The van der Waals surface area contributed by atoms with Crippen LogP contribution >= 0.6 is 11.6 Å². The average molecular weight is 421 g/mol. The third-order valence-corrected chi connectivity index (χ3v) is 7.00. The molecule has 0 spiro atoms. The smallest absolute Gasteiger partial charge is 0.257 e. The van der Waals surface area contributed by atoms with Gasteiger partial charge in [-0.1, -0.05) is 23.7 Å². The van der Waals surface area contributed by atoms with E-state index in [-0.39, 0.29) is 22.0 Å². The largest absolute Gasteiger partial charge is 0.322 e. The number of hydrogen-bond acceptors (Lipinski definition) is 4. The first kappa shape index (κ1) is 20.4. The molecule has 0 unspecified atom stereocenters. The number of halogens is 1. The van der Waals surface area contributed by atoms with Crippen molar-refractivity contribution in [1.82, 2.24) is 0 Å². The van der Waals surface area contributed by atoms with Gasteiger partial charge in [0.2, 0.25) is 15.9 Å². The molecule has 2 amide bonds. The van der Waals surface area contributed by atoms with E-state index < -0.39 is 27.3 Å². The highest BCUT2D eigenvalue weighted by Crippen LogP contribution is 2.37. The van der Waals surface area contributed by atoms with Gasteiger partial charge in [0.15, 0.2) is 0 Å². The van der Waals surface area contributed by atoms with E-state index in [0.717, 1.165) is 15.4 Å². The van der Waals surface area contributed by atoms with Crippen molar-refractivity contribution in [3.05, 3.63) is 58.1 Å². The van der Waals surface area contributed by atoms with Gasteiger partial charge in [-0.2, -0.15) is 0 Å². The zero-order chi connectivity index (χ0) is 20.9. The molecule has 2 aromatic carbocycles. The summed E-state index contributed by atoms with van der Waals surface area (Å²) in [5.74, 6) is -1.30. The molecule has 1 saturated heterocycles. The standard InChI is InChI=1S/C20H21ClN2O4S/c1-12-5-6-13(2)17(9-12)22-18(24)15-10-14(7-8-16(15)21)23-19(25)20(3,4)11-28(23,26)27/h5-10H,11H2,1-4H3,(H,22,24). The Morgan fingerprint density at radius 1 is 1.14 bits per heavy atom. The summed E-state index contributed by atoms with van der Waals surface area (Å²) in [5.41, 5.74) is 1.66. The Bertz CT molecular complexity index is 1090. The number of hydrogen-bond donors (Lipinski definition) is 1. The number of carbonyl (C=O) groups excluding carboxylic acids is 2. The molecule has 28 heavy (non-hydrogen) atoms. The van der Waals surface area contributed by atoms with Crippen LogP contribution in [0.25, 0.3) is 0 Å². The van der Waals surface area contributed by atoms with E-state index in [9.17, 15) is 18.0 Å². The Morgan fingerprint density at radius 2 is 1.82 bits per heavy atom. The van der Waals surface area contributed by atoms with Gasteiger partial charge in [-0.25, -0.2) is 12.7 Å². The molecule has 3 rings (SSSR count). The molecule has 1 aliphatic rings. The SMILES string of the molecule is Cc1ccc(C)c(NC(=O)c2cc(N3C(=O)C(C)(C)CS3(=O)=O)ccc2Cl)c1. The van der Waals surface area contributed by atoms with Gasteiger partial charge < -0.3 is 5.32 Å². The van der Waals surface area contributed by atoms with Gasteiger partial charge in [-0.05, 0) is 63.1 Å². The number of nitrogens with one attached hydrogen (secondary N) is 1. The Balaban J connectivity index is 1.99. The molecule has 148 valence electrons.